The Balaban J connectivity index is 2.82. The van der Waals surface area contributed by atoms with E-state index in [-0.39, 0.29) is 11.1 Å². The minimum absolute atomic E-state index is 0.237. The summed E-state index contributed by atoms with van der Waals surface area (Å²) in [5, 5.41) is 0. The number of hydrogen-bond donors (Lipinski definition) is 0. The van der Waals surface area contributed by atoms with Crippen molar-refractivity contribution in [2.45, 2.75) is 13.8 Å². The fraction of sp³-hybridized carbons (Fsp3) is 0.250. The Morgan fingerprint density at radius 2 is 1.55 bits per heavy atom. The van der Waals surface area contributed by atoms with Gasteiger partial charge in [-0.1, -0.05) is 23.8 Å². The summed E-state index contributed by atoms with van der Waals surface area (Å²) in [6.07, 6.45) is 0. The highest BCUT2D eigenvalue weighted by molar-refractivity contribution is 6.10. The summed E-state index contributed by atoms with van der Waals surface area (Å²) in [6.45, 7) is 3.92. The average Bonchev–Trinajstić information content (AvgIpc) is 2.76. The molecule has 0 aromatic heterocycles. The lowest BCUT2D eigenvalue weighted by Crippen LogP contribution is -2.09. The van der Waals surface area contributed by atoms with Crippen LogP contribution in [0.4, 0.5) is 0 Å². The van der Waals surface area contributed by atoms with Crippen molar-refractivity contribution in [2.75, 3.05) is 14.2 Å². The molecular weight excluding hydrogens is 256 g/mol. The normalized spacial score (nSPS) is 10.4. The van der Waals surface area contributed by atoms with Crippen molar-refractivity contribution in [2.24, 2.45) is 0 Å². The molecule has 0 aliphatic heterocycles. The van der Waals surface area contributed by atoms with Gasteiger partial charge in [-0.05, 0) is 36.6 Å². The van der Waals surface area contributed by atoms with Gasteiger partial charge in [0.05, 0.1) is 25.3 Å². The van der Waals surface area contributed by atoms with Gasteiger partial charge in [0.2, 0.25) is 0 Å². The lowest BCUT2D eigenvalue weighted by molar-refractivity contribution is 0.0557. The zero-order valence-electron chi connectivity index (χ0n) is 11.9. The van der Waals surface area contributed by atoms with Crippen LogP contribution < -0.4 is 0 Å². The van der Waals surface area contributed by atoms with E-state index in [2.05, 4.69) is 0 Å². The Morgan fingerprint density at radius 3 is 2.15 bits per heavy atom. The maximum atomic E-state index is 12.0. The standard InChI is InChI=1S/C16H16O4/c1-9-5-6-11-12(10(2)7-9)8-13(15(17)19-3)14(11)16(18)20-4/h5-8H,1-4H3. The number of carbonyl (C=O) groups excluding carboxylic acids is 2. The van der Waals surface area contributed by atoms with Crippen molar-refractivity contribution in [1.29, 1.82) is 0 Å². The fourth-order valence-electron chi connectivity index (χ4n) is 2.35. The maximum Gasteiger partial charge on any atom is 0.339 e. The first kappa shape index (κ1) is 14.1. The molecule has 0 saturated carbocycles. The summed E-state index contributed by atoms with van der Waals surface area (Å²) >= 11 is 0. The predicted octanol–water partition coefficient (Wildman–Crippen LogP) is 2.98. The minimum atomic E-state index is -0.541. The maximum absolute atomic E-state index is 12.0. The van der Waals surface area contributed by atoms with Crippen LogP contribution in [0.2, 0.25) is 0 Å². The summed E-state index contributed by atoms with van der Waals surface area (Å²) in [4.78, 5) is 23.8. The van der Waals surface area contributed by atoms with Crippen LogP contribution in [0.3, 0.4) is 0 Å². The van der Waals surface area contributed by atoms with Crippen LogP contribution in [-0.2, 0) is 9.47 Å². The van der Waals surface area contributed by atoms with Crippen LogP contribution in [0.5, 0.6) is 0 Å². The van der Waals surface area contributed by atoms with E-state index in [0.29, 0.717) is 5.56 Å². The topological polar surface area (TPSA) is 52.6 Å². The van der Waals surface area contributed by atoms with E-state index in [1.54, 1.807) is 6.07 Å². The first-order chi connectivity index (χ1) is 9.49. The average molecular weight is 272 g/mol. The van der Waals surface area contributed by atoms with Gasteiger partial charge in [0.25, 0.3) is 0 Å². The summed E-state index contributed by atoms with van der Waals surface area (Å²) < 4.78 is 9.53. The van der Waals surface area contributed by atoms with Gasteiger partial charge in [-0.3, -0.25) is 0 Å². The number of rotatable bonds is 2. The third-order valence-corrected chi connectivity index (χ3v) is 3.29. The Labute approximate surface area is 117 Å². The Hall–Kier alpha value is -2.36. The molecule has 2 aliphatic carbocycles. The van der Waals surface area contributed by atoms with E-state index in [9.17, 15) is 9.59 Å². The molecule has 2 rings (SSSR count). The molecule has 0 unspecified atom stereocenters. The number of carbonyl (C=O) groups is 2. The number of ether oxygens (including phenoxy) is 2. The van der Waals surface area contributed by atoms with Gasteiger partial charge < -0.3 is 9.47 Å². The first-order valence-electron chi connectivity index (χ1n) is 6.20. The molecule has 20 heavy (non-hydrogen) atoms. The van der Waals surface area contributed by atoms with Crippen LogP contribution >= 0.6 is 0 Å². The molecular formula is C16H16O4. The highest BCUT2D eigenvalue weighted by atomic mass is 16.5. The largest absolute Gasteiger partial charge is 0.465 e. The molecule has 0 saturated heterocycles. The van der Waals surface area contributed by atoms with Crippen LogP contribution in [0.25, 0.3) is 11.1 Å². The Kier molecular flexibility index (Phi) is 3.74. The van der Waals surface area contributed by atoms with E-state index < -0.39 is 11.9 Å². The number of aryl methyl sites for hydroxylation is 2. The van der Waals surface area contributed by atoms with E-state index in [1.807, 2.05) is 32.0 Å². The van der Waals surface area contributed by atoms with Crippen LogP contribution in [0, 0.1) is 13.8 Å². The second-order valence-corrected chi connectivity index (χ2v) is 4.65. The highest BCUT2D eigenvalue weighted by Crippen LogP contribution is 2.35. The highest BCUT2D eigenvalue weighted by Gasteiger charge is 2.27. The molecule has 4 nitrogen and oxygen atoms in total. The van der Waals surface area contributed by atoms with Gasteiger partial charge in [-0.25, -0.2) is 9.59 Å². The third-order valence-electron chi connectivity index (χ3n) is 3.29. The first-order valence-corrected chi connectivity index (χ1v) is 6.20. The van der Waals surface area contributed by atoms with Crippen molar-refractivity contribution in [3.8, 4) is 11.1 Å². The molecule has 0 fully saturated rings. The van der Waals surface area contributed by atoms with Crippen molar-refractivity contribution in [3.05, 3.63) is 46.5 Å². The third kappa shape index (κ3) is 2.25. The van der Waals surface area contributed by atoms with E-state index in [0.717, 1.165) is 16.7 Å². The monoisotopic (exact) mass is 272 g/mol. The van der Waals surface area contributed by atoms with Crippen molar-refractivity contribution in [1.82, 2.24) is 0 Å². The zero-order valence-corrected chi connectivity index (χ0v) is 11.9. The van der Waals surface area contributed by atoms with Crippen molar-refractivity contribution in [3.63, 3.8) is 0 Å². The molecule has 0 N–H and O–H groups in total. The summed E-state index contributed by atoms with van der Waals surface area (Å²) in [6, 6.07) is 7.42. The molecule has 0 atom stereocenters. The van der Waals surface area contributed by atoms with Gasteiger partial charge in [0, 0.05) is 0 Å². The van der Waals surface area contributed by atoms with Crippen LogP contribution in [0.15, 0.2) is 24.3 Å². The van der Waals surface area contributed by atoms with Gasteiger partial charge >= 0.3 is 11.9 Å². The molecule has 0 amide bonds. The van der Waals surface area contributed by atoms with E-state index in [4.69, 9.17) is 9.47 Å². The fourth-order valence-corrected chi connectivity index (χ4v) is 2.35. The van der Waals surface area contributed by atoms with Gasteiger partial charge in [0.15, 0.2) is 0 Å². The van der Waals surface area contributed by atoms with Crippen LogP contribution in [0.1, 0.15) is 31.8 Å². The number of fused-ring (bicyclic) bond motifs is 1. The predicted molar refractivity (Wildman–Crippen MR) is 75.2 cm³/mol. The van der Waals surface area contributed by atoms with E-state index >= 15 is 0 Å². The van der Waals surface area contributed by atoms with Gasteiger partial charge in [0.1, 0.15) is 0 Å². The molecule has 0 spiro atoms. The summed E-state index contributed by atoms with van der Waals surface area (Å²) in [7, 11) is 2.58. The molecule has 4 heteroatoms. The number of hydrogen-bond acceptors (Lipinski definition) is 4. The quantitative estimate of drug-likeness (QED) is 0.789. The van der Waals surface area contributed by atoms with E-state index in [1.165, 1.54) is 14.2 Å². The Morgan fingerprint density at radius 1 is 0.900 bits per heavy atom. The lowest BCUT2D eigenvalue weighted by Gasteiger charge is -2.03. The SMILES string of the molecule is COC(=O)c1cc2c(C)cc(C)ccc-2c1C(=O)OC. The van der Waals surface area contributed by atoms with Gasteiger partial charge in [-0.15, -0.1) is 0 Å². The second-order valence-electron chi connectivity index (χ2n) is 4.65. The Bertz CT molecular complexity index is 658. The zero-order chi connectivity index (χ0) is 14.9. The van der Waals surface area contributed by atoms with Crippen molar-refractivity contribution >= 4 is 11.9 Å². The lowest BCUT2D eigenvalue weighted by atomic mass is 10.1. The molecule has 0 heterocycles. The van der Waals surface area contributed by atoms with Crippen molar-refractivity contribution < 1.29 is 19.1 Å². The minimum Gasteiger partial charge on any atom is -0.465 e. The number of esters is 2. The smallest absolute Gasteiger partial charge is 0.339 e. The summed E-state index contributed by atoms with van der Waals surface area (Å²) in [5.74, 6) is -1.08. The van der Waals surface area contributed by atoms with Crippen LogP contribution in [-0.4, -0.2) is 26.2 Å². The molecule has 104 valence electrons. The number of methoxy groups -OCH3 is 2. The van der Waals surface area contributed by atoms with Gasteiger partial charge in [-0.2, -0.15) is 0 Å². The molecule has 2 aliphatic rings. The molecule has 0 bridgehead atoms. The summed E-state index contributed by atoms with van der Waals surface area (Å²) in [5.41, 5.74) is 4.10. The second kappa shape index (κ2) is 5.33. The molecule has 0 aromatic rings. The molecule has 0 aromatic carbocycles. The molecule has 0 radical (unpaired) electrons.